The van der Waals surface area contributed by atoms with Crippen molar-refractivity contribution in [3.63, 3.8) is 0 Å². The van der Waals surface area contributed by atoms with E-state index < -0.39 is 0 Å². The Hall–Kier alpha value is -2.47. The molecule has 29 heavy (non-hydrogen) atoms. The Morgan fingerprint density at radius 2 is 1.79 bits per heavy atom. The second-order valence-electron chi connectivity index (χ2n) is 7.43. The molecule has 3 aromatic heterocycles. The summed E-state index contributed by atoms with van der Waals surface area (Å²) in [7, 11) is 1.64. The molecule has 0 radical (unpaired) electrons. The molecule has 0 unspecified atom stereocenters. The van der Waals surface area contributed by atoms with Crippen LogP contribution in [0, 0.1) is 6.92 Å². The van der Waals surface area contributed by atoms with Crippen molar-refractivity contribution in [1.29, 1.82) is 0 Å². The van der Waals surface area contributed by atoms with Gasteiger partial charge in [0.25, 0.3) is 0 Å². The van der Waals surface area contributed by atoms with Crippen LogP contribution in [-0.4, -0.2) is 38.3 Å². The predicted molar refractivity (Wildman–Crippen MR) is 119 cm³/mol. The zero-order chi connectivity index (χ0) is 21.6. The monoisotopic (exact) mass is 398 g/mol. The average molecular weight is 399 g/mol. The molecule has 0 amide bonds. The van der Waals surface area contributed by atoms with Crippen molar-refractivity contribution in [1.82, 2.24) is 19.5 Å². The van der Waals surface area contributed by atoms with Crippen molar-refractivity contribution in [2.45, 2.75) is 66.8 Å². The van der Waals surface area contributed by atoms with Gasteiger partial charge < -0.3 is 14.4 Å². The van der Waals surface area contributed by atoms with Crippen LogP contribution in [0.25, 0.3) is 22.4 Å². The second kappa shape index (κ2) is 10.3. The standard InChI is InChI=1S/C20H26N4O2.C3H8/c1-6-15-18(14-7-8-16(12(2)3)22-20(14)26-5)23-17-13(4)11-24(9-10-25)19(17)21-15;1-3-2/h7-8,11-12,25H,6,9-10H2,1-5H3;3H2,1-2H3. The fourth-order valence-electron chi connectivity index (χ4n) is 3.13. The number of ether oxygens (including phenoxy) is 1. The molecule has 0 saturated heterocycles. The number of nitrogens with zero attached hydrogens (tertiary/aromatic N) is 4. The molecule has 0 aromatic carbocycles. The SMILES string of the molecule is CCC.CCc1nc2c(nc1-c1ccc(C(C)C)nc1OC)c(C)cn2CCO. The van der Waals surface area contributed by atoms with Crippen LogP contribution >= 0.6 is 0 Å². The van der Waals surface area contributed by atoms with E-state index in [1.807, 2.05) is 29.8 Å². The molecule has 0 fully saturated rings. The lowest BCUT2D eigenvalue weighted by Gasteiger charge is -2.13. The minimum absolute atomic E-state index is 0.0719. The van der Waals surface area contributed by atoms with E-state index in [-0.39, 0.29) is 6.61 Å². The summed E-state index contributed by atoms with van der Waals surface area (Å²) in [6, 6.07) is 4.05. The molecule has 0 spiro atoms. The summed E-state index contributed by atoms with van der Waals surface area (Å²) >= 11 is 0. The lowest BCUT2D eigenvalue weighted by molar-refractivity contribution is 0.278. The summed E-state index contributed by atoms with van der Waals surface area (Å²) < 4.78 is 7.52. The Kier molecular flexibility index (Phi) is 8.14. The first-order valence-corrected chi connectivity index (χ1v) is 10.4. The maximum Gasteiger partial charge on any atom is 0.222 e. The van der Waals surface area contributed by atoms with Crippen LogP contribution in [0.5, 0.6) is 5.88 Å². The Bertz CT molecular complexity index is 948. The van der Waals surface area contributed by atoms with Crippen LogP contribution in [0.1, 0.15) is 63.9 Å². The van der Waals surface area contributed by atoms with Crippen LogP contribution in [0.3, 0.4) is 0 Å². The van der Waals surface area contributed by atoms with Crippen LogP contribution in [0.2, 0.25) is 0 Å². The highest BCUT2D eigenvalue weighted by Crippen LogP contribution is 2.32. The molecule has 0 bridgehead atoms. The van der Waals surface area contributed by atoms with Crippen LogP contribution in [0.15, 0.2) is 18.3 Å². The molecule has 6 nitrogen and oxygen atoms in total. The second-order valence-corrected chi connectivity index (χ2v) is 7.43. The molecule has 3 aromatic rings. The van der Waals surface area contributed by atoms with E-state index >= 15 is 0 Å². The molecule has 6 heteroatoms. The van der Waals surface area contributed by atoms with Gasteiger partial charge in [0.05, 0.1) is 30.7 Å². The van der Waals surface area contributed by atoms with E-state index in [1.54, 1.807) is 7.11 Å². The molecule has 158 valence electrons. The molecule has 0 aliphatic heterocycles. The number of aryl methyl sites for hydroxylation is 2. The van der Waals surface area contributed by atoms with E-state index in [9.17, 15) is 5.11 Å². The first-order chi connectivity index (χ1) is 13.9. The predicted octanol–water partition coefficient (Wildman–Crippen LogP) is 4.90. The van der Waals surface area contributed by atoms with Gasteiger partial charge in [0.2, 0.25) is 5.88 Å². The van der Waals surface area contributed by atoms with Gasteiger partial charge >= 0.3 is 0 Å². The number of fused-ring (bicyclic) bond motifs is 1. The highest BCUT2D eigenvalue weighted by atomic mass is 16.5. The number of hydrogen-bond donors (Lipinski definition) is 1. The Morgan fingerprint density at radius 3 is 2.34 bits per heavy atom. The summed E-state index contributed by atoms with van der Waals surface area (Å²) in [5, 5.41) is 9.29. The first-order valence-electron chi connectivity index (χ1n) is 10.4. The maximum absolute atomic E-state index is 9.29. The summed E-state index contributed by atoms with van der Waals surface area (Å²) in [5.74, 6) is 0.902. The number of pyridine rings is 1. The quantitative estimate of drug-likeness (QED) is 0.639. The summed E-state index contributed by atoms with van der Waals surface area (Å²) in [6.45, 7) is 13.1. The van der Waals surface area contributed by atoms with Crippen molar-refractivity contribution in [2.24, 2.45) is 0 Å². The maximum atomic E-state index is 9.29. The number of rotatable bonds is 6. The number of aliphatic hydroxyl groups excluding tert-OH is 1. The van der Waals surface area contributed by atoms with Crippen molar-refractivity contribution in [3.8, 4) is 17.1 Å². The molecule has 0 aliphatic carbocycles. The highest BCUT2D eigenvalue weighted by Gasteiger charge is 2.19. The molecule has 0 aliphatic rings. The molecule has 0 atom stereocenters. The van der Waals surface area contributed by atoms with Gasteiger partial charge in [-0.2, -0.15) is 0 Å². The lowest BCUT2D eigenvalue weighted by atomic mass is 10.1. The molecular formula is C23H34N4O2. The average Bonchev–Trinajstić information content (AvgIpc) is 3.02. The van der Waals surface area contributed by atoms with Crippen LogP contribution in [0.4, 0.5) is 0 Å². The third kappa shape index (κ3) is 4.93. The summed E-state index contributed by atoms with van der Waals surface area (Å²) in [5.41, 5.74) is 6.25. The number of methoxy groups -OCH3 is 1. The largest absolute Gasteiger partial charge is 0.480 e. The van der Waals surface area contributed by atoms with Crippen molar-refractivity contribution >= 4 is 11.2 Å². The van der Waals surface area contributed by atoms with Crippen LogP contribution in [-0.2, 0) is 13.0 Å². The van der Waals surface area contributed by atoms with Gasteiger partial charge in [0.15, 0.2) is 5.65 Å². The fraction of sp³-hybridized carbons (Fsp3) is 0.522. The molecule has 0 saturated carbocycles. The van der Waals surface area contributed by atoms with Gasteiger partial charge in [0.1, 0.15) is 5.52 Å². The third-order valence-electron chi connectivity index (χ3n) is 4.54. The Balaban J connectivity index is 0.000000941. The minimum Gasteiger partial charge on any atom is -0.480 e. The smallest absolute Gasteiger partial charge is 0.222 e. The topological polar surface area (TPSA) is 73.1 Å². The van der Waals surface area contributed by atoms with Gasteiger partial charge in [-0.15, -0.1) is 0 Å². The number of hydrogen-bond acceptors (Lipinski definition) is 5. The lowest BCUT2D eigenvalue weighted by Crippen LogP contribution is -2.05. The van der Waals surface area contributed by atoms with Gasteiger partial charge in [-0.3, -0.25) is 0 Å². The van der Waals surface area contributed by atoms with Crippen molar-refractivity contribution in [2.75, 3.05) is 13.7 Å². The number of aliphatic hydroxyl groups is 1. The third-order valence-corrected chi connectivity index (χ3v) is 4.54. The highest BCUT2D eigenvalue weighted by molar-refractivity contribution is 5.80. The van der Waals surface area contributed by atoms with E-state index in [1.165, 1.54) is 6.42 Å². The molecule has 3 heterocycles. The van der Waals surface area contributed by atoms with Crippen molar-refractivity contribution in [3.05, 3.63) is 35.3 Å². The Morgan fingerprint density at radius 1 is 1.10 bits per heavy atom. The molecule has 1 N–H and O–H groups in total. The van der Waals surface area contributed by atoms with Crippen LogP contribution < -0.4 is 4.74 Å². The summed E-state index contributed by atoms with van der Waals surface area (Å²) in [4.78, 5) is 14.4. The van der Waals surface area contributed by atoms with E-state index in [2.05, 4.69) is 39.6 Å². The minimum atomic E-state index is 0.0719. The first kappa shape index (κ1) is 22.8. The van der Waals surface area contributed by atoms with Crippen molar-refractivity contribution < 1.29 is 9.84 Å². The zero-order valence-corrected chi connectivity index (χ0v) is 18.8. The van der Waals surface area contributed by atoms with Gasteiger partial charge in [-0.1, -0.05) is 41.0 Å². The van der Waals surface area contributed by atoms with Gasteiger partial charge in [-0.25, -0.2) is 15.0 Å². The molecule has 3 rings (SSSR count). The fourth-order valence-corrected chi connectivity index (χ4v) is 3.13. The van der Waals surface area contributed by atoms with E-state index in [0.717, 1.165) is 45.8 Å². The normalized spacial score (nSPS) is 10.9. The molecular weight excluding hydrogens is 364 g/mol. The zero-order valence-electron chi connectivity index (χ0n) is 18.8. The Labute approximate surface area is 174 Å². The van der Waals surface area contributed by atoms with E-state index in [4.69, 9.17) is 14.7 Å². The number of aromatic nitrogens is 4. The van der Waals surface area contributed by atoms with E-state index in [0.29, 0.717) is 18.3 Å². The van der Waals surface area contributed by atoms with Gasteiger partial charge in [-0.05, 0) is 37.0 Å². The summed E-state index contributed by atoms with van der Waals surface area (Å²) in [6.07, 6.45) is 3.98. The van der Waals surface area contributed by atoms with Gasteiger partial charge in [0, 0.05) is 18.4 Å².